The number of hydrogen-bond acceptors (Lipinski definition) is 6. The standard InChI is InChI=1S/C26H32F4N4O5/c1-15(2)9-18(13-23(35)32-14-17-5-7-19(27)21(11-17)39-26(28,29)30)33-25(31)34-24(36)12-16-6-8-20(37-3)22(10-16)38-4/h5-8,10-11,15,18H,9,12-14H2,1-4H3,(H,32,35)(H3,31,33,34,36)/t18-/m1/s1. The van der Waals surface area contributed by atoms with E-state index in [4.69, 9.17) is 15.2 Å². The average Bonchev–Trinajstić information content (AvgIpc) is 2.82. The van der Waals surface area contributed by atoms with Gasteiger partial charge < -0.3 is 25.3 Å². The van der Waals surface area contributed by atoms with Gasteiger partial charge in [-0.2, -0.15) is 0 Å². The molecule has 0 unspecified atom stereocenters. The molecule has 4 N–H and O–H groups in total. The van der Waals surface area contributed by atoms with Crippen LogP contribution in [0.3, 0.4) is 0 Å². The number of guanidine groups is 1. The second-order valence-corrected chi connectivity index (χ2v) is 9.01. The Morgan fingerprint density at radius 3 is 2.23 bits per heavy atom. The number of benzene rings is 2. The molecule has 0 spiro atoms. The Kier molecular flexibility index (Phi) is 11.4. The molecule has 39 heavy (non-hydrogen) atoms. The van der Waals surface area contributed by atoms with Crippen molar-refractivity contribution in [3.05, 3.63) is 53.3 Å². The second-order valence-electron chi connectivity index (χ2n) is 9.01. The predicted molar refractivity (Wildman–Crippen MR) is 136 cm³/mol. The molecule has 13 heteroatoms. The van der Waals surface area contributed by atoms with E-state index in [0.29, 0.717) is 23.5 Å². The van der Waals surface area contributed by atoms with Gasteiger partial charge in [-0.25, -0.2) is 9.38 Å². The quantitative estimate of drug-likeness (QED) is 0.207. The first-order chi connectivity index (χ1) is 18.3. The van der Waals surface area contributed by atoms with Gasteiger partial charge in [-0.05, 0) is 47.7 Å². The molecular weight excluding hydrogens is 524 g/mol. The van der Waals surface area contributed by atoms with Gasteiger partial charge in [0.1, 0.15) is 0 Å². The number of rotatable bonds is 12. The fraction of sp³-hybridized carbons (Fsp3) is 0.423. The third kappa shape index (κ3) is 11.1. The zero-order chi connectivity index (χ0) is 29.2. The number of aliphatic imine (C=N–C) groups is 1. The molecule has 0 saturated heterocycles. The van der Waals surface area contributed by atoms with Crippen LogP contribution in [-0.2, 0) is 22.6 Å². The van der Waals surface area contributed by atoms with E-state index >= 15 is 0 Å². The number of hydrogen-bond donors (Lipinski definition) is 3. The number of nitrogens with one attached hydrogen (secondary N) is 2. The average molecular weight is 557 g/mol. The number of amides is 2. The van der Waals surface area contributed by atoms with Gasteiger partial charge in [0, 0.05) is 13.0 Å². The molecule has 0 radical (unpaired) electrons. The van der Waals surface area contributed by atoms with Crippen LogP contribution in [0.1, 0.15) is 37.8 Å². The van der Waals surface area contributed by atoms with Crippen LogP contribution in [0.15, 0.2) is 41.4 Å². The lowest BCUT2D eigenvalue weighted by molar-refractivity contribution is -0.275. The fourth-order valence-electron chi connectivity index (χ4n) is 3.67. The first-order valence-corrected chi connectivity index (χ1v) is 11.9. The summed E-state index contributed by atoms with van der Waals surface area (Å²) in [6.45, 7) is 3.68. The van der Waals surface area contributed by atoms with E-state index in [2.05, 4.69) is 20.4 Å². The predicted octanol–water partition coefficient (Wildman–Crippen LogP) is 3.84. The molecule has 2 aromatic carbocycles. The summed E-state index contributed by atoms with van der Waals surface area (Å²) in [6, 6.07) is 7.37. The van der Waals surface area contributed by atoms with Gasteiger partial charge in [0.25, 0.3) is 0 Å². The molecule has 0 bridgehead atoms. The van der Waals surface area contributed by atoms with E-state index in [-0.39, 0.29) is 36.8 Å². The molecule has 0 aliphatic heterocycles. The van der Waals surface area contributed by atoms with E-state index in [9.17, 15) is 27.2 Å². The van der Waals surface area contributed by atoms with Crippen molar-refractivity contribution < 1.29 is 41.4 Å². The van der Waals surface area contributed by atoms with Gasteiger partial charge in [-0.15, -0.1) is 13.2 Å². The highest BCUT2D eigenvalue weighted by atomic mass is 19.4. The van der Waals surface area contributed by atoms with Crippen molar-refractivity contribution in [1.82, 2.24) is 10.6 Å². The van der Waals surface area contributed by atoms with Crippen molar-refractivity contribution in [2.24, 2.45) is 16.6 Å². The molecule has 2 aromatic rings. The summed E-state index contributed by atoms with van der Waals surface area (Å²) in [5, 5.41) is 5.06. The van der Waals surface area contributed by atoms with Gasteiger partial charge in [0.05, 0.1) is 26.7 Å². The van der Waals surface area contributed by atoms with Crippen LogP contribution in [0.2, 0.25) is 0 Å². The fourth-order valence-corrected chi connectivity index (χ4v) is 3.67. The number of nitrogens with zero attached hydrogens (tertiary/aromatic N) is 1. The molecule has 0 heterocycles. The van der Waals surface area contributed by atoms with Crippen LogP contribution >= 0.6 is 0 Å². The van der Waals surface area contributed by atoms with Crippen LogP contribution in [0, 0.1) is 11.7 Å². The lowest BCUT2D eigenvalue weighted by Gasteiger charge is -2.16. The van der Waals surface area contributed by atoms with Gasteiger partial charge in [0.2, 0.25) is 11.8 Å². The number of ether oxygens (including phenoxy) is 3. The summed E-state index contributed by atoms with van der Waals surface area (Å²) in [6.07, 6.45) is -4.69. The smallest absolute Gasteiger partial charge is 0.493 e. The highest BCUT2D eigenvalue weighted by Crippen LogP contribution is 2.28. The first kappa shape index (κ1) is 31.2. The Bertz CT molecular complexity index is 1170. The molecule has 9 nitrogen and oxygen atoms in total. The lowest BCUT2D eigenvalue weighted by Crippen LogP contribution is -2.39. The normalized spacial score (nSPS) is 12.6. The Morgan fingerprint density at radius 1 is 0.974 bits per heavy atom. The molecule has 2 amide bonds. The van der Waals surface area contributed by atoms with Crippen LogP contribution < -0.4 is 30.6 Å². The minimum absolute atomic E-state index is 0.0103. The zero-order valence-corrected chi connectivity index (χ0v) is 22.0. The van der Waals surface area contributed by atoms with Crippen molar-refractivity contribution in [2.45, 2.75) is 52.1 Å². The molecule has 0 saturated carbocycles. The number of methoxy groups -OCH3 is 2. The topological polar surface area (TPSA) is 124 Å². The molecule has 0 aliphatic rings. The number of alkyl halides is 3. The zero-order valence-electron chi connectivity index (χ0n) is 22.0. The number of carbonyl (C=O) groups excluding carboxylic acids is 2. The second kappa shape index (κ2) is 14.2. The van der Waals surface area contributed by atoms with Gasteiger partial charge in [-0.1, -0.05) is 26.0 Å². The van der Waals surface area contributed by atoms with E-state index in [0.717, 1.165) is 12.1 Å². The minimum Gasteiger partial charge on any atom is -0.493 e. The van der Waals surface area contributed by atoms with E-state index in [1.807, 2.05) is 13.8 Å². The molecule has 2 rings (SSSR count). The van der Waals surface area contributed by atoms with Crippen molar-refractivity contribution in [2.75, 3.05) is 14.2 Å². The van der Waals surface area contributed by atoms with E-state index in [1.54, 1.807) is 18.2 Å². The van der Waals surface area contributed by atoms with Crippen LogP contribution in [0.25, 0.3) is 0 Å². The first-order valence-electron chi connectivity index (χ1n) is 11.9. The van der Waals surface area contributed by atoms with Gasteiger partial charge in [-0.3, -0.25) is 14.9 Å². The van der Waals surface area contributed by atoms with Crippen molar-refractivity contribution in [1.29, 1.82) is 0 Å². The molecule has 0 aliphatic carbocycles. The third-order valence-electron chi connectivity index (χ3n) is 5.28. The number of halogens is 4. The van der Waals surface area contributed by atoms with E-state index in [1.165, 1.54) is 20.3 Å². The van der Waals surface area contributed by atoms with Crippen LogP contribution in [0.5, 0.6) is 17.2 Å². The lowest BCUT2D eigenvalue weighted by atomic mass is 10.0. The Hall–Kier alpha value is -4.03. The largest absolute Gasteiger partial charge is 0.573 e. The third-order valence-corrected chi connectivity index (χ3v) is 5.28. The van der Waals surface area contributed by atoms with Crippen LogP contribution in [0.4, 0.5) is 17.6 Å². The van der Waals surface area contributed by atoms with Gasteiger partial charge >= 0.3 is 6.36 Å². The van der Waals surface area contributed by atoms with Crippen molar-refractivity contribution >= 4 is 17.8 Å². The summed E-state index contributed by atoms with van der Waals surface area (Å²) in [5.74, 6) is -2.09. The molecule has 0 fully saturated rings. The SMILES string of the molecule is COc1ccc(CC(=O)NC(N)=N[C@@H](CC(=O)NCc2ccc(F)c(OC(F)(F)F)c2)CC(C)C)cc1OC. The van der Waals surface area contributed by atoms with E-state index < -0.39 is 35.8 Å². The Morgan fingerprint density at radius 2 is 1.62 bits per heavy atom. The highest BCUT2D eigenvalue weighted by molar-refractivity contribution is 5.97. The molecule has 1 atom stereocenters. The summed E-state index contributed by atoms with van der Waals surface area (Å²) in [4.78, 5) is 29.3. The summed E-state index contributed by atoms with van der Waals surface area (Å²) in [7, 11) is 2.98. The minimum atomic E-state index is -5.05. The summed E-state index contributed by atoms with van der Waals surface area (Å²) < 4.78 is 65.0. The Labute approximate surface area is 223 Å². The highest BCUT2D eigenvalue weighted by Gasteiger charge is 2.32. The maximum Gasteiger partial charge on any atom is 0.573 e. The number of carbonyl (C=O) groups is 2. The van der Waals surface area contributed by atoms with Crippen LogP contribution in [-0.4, -0.2) is 44.4 Å². The molecule has 214 valence electrons. The molecular formula is C26H32F4N4O5. The maximum absolute atomic E-state index is 13.6. The Balaban J connectivity index is 1.99. The maximum atomic E-state index is 13.6. The summed E-state index contributed by atoms with van der Waals surface area (Å²) in [5.41, 5.74) is 6.79. The van der Waals surface area contributed by atoms with Gasteiger partial charge in [0.15, 0.2) is 29.0 Å². The monoisotopic (exact) mass is 556 g/mol. The molecule has 0 aromatic heterocycles. The summed E-state index contributed by atoms with van der Waals surface area (Å²) >= 11 is 0. The van der Waals surface area contributed by atoms with Crippen molar-refractivity contribution in [3.8, 4) is 17.2 Å². The number of nitrogens with two attached hydrogens (primary N) is 1. The van der Waals surface area contributed by atoms with Crippen molar-refractivity contribution in [3.63, 3.8) is 0 Å².